The fraction of sp³-hybridized carbons (Fsp3) is 0.415. The lowest BCUT2D eigenvalue weighted by Gasteiger charge is -2.43. The first kappa shape index (κ1) is 33.6. The van der Waals surface area contributed by atoms with Crippen LogP contribution in [-0.4, -0.2) is 70.7 Å². The van der Waals surface area contributed by atoms with Gasteiger partial charge in [-0.25, -0.2) is 0 Å². The van der Waals surface area contributed by atoms with Gasteiger partial charge in [0.1, 0.15) is 0 Å². The van der Waals surface area contributed by atoms with E-state index in [0.717, 1.165) is 53.0 Å². The van der Waals surface area contributed by atoms with E-state index < -0.39 is 6.29 Å². The number of benzene rings is 3. The maximum absolute atomic E-state index is 12.6. The van der Waals surface area contributed by atoms with Crippen LogP contribution in [0.3, 0.4) is 0 Å². The molecule has 256 valence electrons. The van der Waals surface area contributed by atoms with Crippen LogP contribution in [0, 0.1) is 5.92 Å². The van der Waals surface area contributed by atoms with Crippen LogP contribution in [0.2, 0.25) is 0 Å². The van der Waals surface area contributed by atoms with Crippen molar-refractivity contribution >= 4 is 5.91 Å². The number of aromatic nitrogens is 1. The number of aliphatic hydroxyl groups is 1. The molecule has 0 unspecified atom stereocenters. The maximum Gasteiger partial charge on any atom is 0.253 e. The molecule has 4 aromatic rings. The monoisotopic (exact) mass is 660 g/mol. The molecule has 3 aromatic carbocycles. The summed E-state index contributed by atoms with van der Waals surface area (Å²) in [6, 6.07) is 29.0. The molecule has 3 saturated heterocycles. The number of carbonyl (C=O) groups is 1. The Hall–Kier alpha value is -3.92. The van der Waals surface area contributed by atoms with Crippen molar-refractivity contribution < 1.29 is 19.4 Å². The van der Waals surface area contributed by atoms with Gasteiger partial charge in [0.2, 0.25) is 0 Å². The topological polar surface area (TPSA) is 87.2 Å². The average molecular weight is 661 g/mol. The minimum atomic E-state index is -0.523. The first-order valence-corrected chi connectivity index (χ1v) is 17.9. The average Bonchev–Trinajstić information content (AvgIpc) is 3.84. The van der Waals surface area contributed by atoms with Gasteiger partial charge in [-0.2, -0.15) is 0 Å². The van der Waals surface area contributed by atoms with Crippen LogP contribution < -0.4 is 5.32 Å². The molecule has 8 nitrogen and oxygen atoms in total. The Balaban J connectivity index is 1.10. The molecule has 3 fully saturated rings. The molecule has 1 aromatic heterocycles. The molecule has 0 spiro atoms. The van der Waals surface area contributed by atoms with Crippen molar-refractivity contribution in [1.82, 2.24) is 20.1 Å². The molecule has 7 rings (SSSR count). The zero-order valence-corrected chi connectivity index (χ0v) is 28.4. The lowest BCUT2D eigenvalue weighted by atomic mass is 9.89. The Morgan fingerprint density at radius 1 is 0.857 bits per heavy atom. The summed E-state index contributed by atoms with van der Waals surface area (Å²) in [5.41, 5.74) is 6.67. The van der Waals surface area contributed by atoms with E-state index in [9.17, 15) is 9.90 Å². The second-order valence-electron chi connectivity index (χ2n) is 13.9. The van der Waals surface area contributed by atoms with Gasteiger partial charge in [0.05, 0.1) is 24.4 Å². The van der Waals surface area contributed by atoms with Crippen molar-refractivity contribution in [3.05, 3.63) is 125 Å². The molecule has 49 heavy (non-hydrogen) atoms. The summed E-state index contributed by atoms with van der Waals surface area (Å²) in [4.78, 5) is 22.0. The van der Waals surface area contributed by atoms with Crippen LogP contribution in [0.5, 0.6) is 0 Å². The van der Waals surface area contributed by atoms with Crippen LogP contribution in [0.4, 0.5) is 0 Å². The van der Waals surface area contributed by atoms with Gasteiger partial charge >= 0.3 is 0 Å². The van der Waals surface area contributed by atoms with Gasteiger partial charge < -0.3 is 24.8 Å². The third kappa shape index (κ3) is 8.11. The highest BCUT2D eigenvalue weighted by atomic mass is 16.7. The van der Waals surface area contributed by atoms with Crippen molar-refractivity contribution in [1.29, 1.82) is 0 Å². The van der Waals surface area contributed by atoms with E-state index in [1.165, 1.54) is 38.8 Å². The third-order valence-corrected chi connectivity index (χ3v) is 10.5. The fourth-order valence-electron chi connectivity index (χ4n) is 7.67. The zero-order chi connectivity index (χ0) is 33.6. The van der Waals surface area contributed by atoms with E-state index in [1.54, 1.807) is 24.5 Å². The summed E-state index contributed by atoms with van der Waals surface area (Å²) in [5.74, 6) is -0.00117. The van der Waals surface area contributed by atoms with Gasteiger partial charge in [0, 0.05) is 49.6 Å². The predicted molar refractivity (Wildman–Crippen MR) is 191 cm³/mol. The second-order valence-corrected chi connectivity index (χ2v) is 13.9. The summed E-state index contributed by atoms with van der Waals surface area (Å²) >= 11 is 0. The van der Waals surface area contributed by atoms with Gasteiger partial charge in [-0.1, -0.05) is 67.6 Å². The van der Waals surface area contributed by atoms with Crippen LogP contribution in [-0.2, 0) is 22.6 Å². The van der Waals surface area contributed by atoms with E-state index in [-0.39, 0.29) is 30.6 Å². The summed E-state index contributed by atoms with van der Waals surface area (Å²) in [7, 11) is 0. The zero-order valence-electron chi connectivity index (χ0n) is 28.4. The Bertz CT molecular complexity index is 1680. The highest BCUT2D eigenvalue weighted by molar-refractivity contribution is 5.93. The second kappa shape index (κ2) is 15.7. The van der Waals surface area contributed by atoms with Gasteiger partial charge in [-0.3, -0.25) is 14.7 Å². The van der Waals surface area contributed by atoms with E-state index in [0.29, 0.717) is 18.2 Å². The summed E-state index contributed by atoms with van der Waals surface area (Å²) < 4.78 is 13.7. The van der Waals surface area contributed by atoms with E-state index >= 15 is 0 Å². The molecular formula is C41H48N4O4. The number of hydrogen-bond acceptors (Lipinski definition) is 7. The number of nitrogens with one attached hydrogen (secondary N) is 1. The number of pyridine rings is 1. The maximum atomic E-state index is 12.6. The lowest BCUT2D eigenvalue weighted by molar-refractivity contribution is -0.276. The van der Waals surface area contributed by atoms with Gasteiger partial charge in [0.15, 0.2) is 6.29 Å². The highest BCUT2D eigenvalue weighted by Gasteiger charge is 2.41. The highest BCUT2D eigenvalue weighted by Crippen LogP contribution is 2.43. The van der Waals surface area contributed by atoms with Crippen LogP contribution in [0.25, 0.3) is 11.1 Å². The van der Waals surface area contributed by atoms with Crippen molar-refractivity contribution in [3.8, 4) is 11.1 Å². The minimum absolute atomic E-state index is 0.00384. The SMILES string of the molecule is C[C@@H]1[C@H](CN2CCC[C@H]2CN2CCCC2)O[C@H](c2cccc(-c3cccc(CNC(=O)c4cccnc4)c3)c2)O[C@@H]1c1ccc(CO)cc1. The van der Waals surface area contributed by atoms with Gasteiger partial charge in [0.25, 0.3) is 5.91 Å². The lowest BCUT2D eigenvalue weighted by Crippen LogP contribution is -2.48. The number of likely N-dealkylation sites (tertiary alicyclic amines) is 2. The van der Waals surface area contributed by atoms with Gasteiger partial charge in [-0.05, 0) is 97.4 Å². The van der Waals surface area contributed by atoms with Crippen LogP contribution in [0.1, 0.15) is 77.6 Å². The minimum Gasteiger partial charge on any atom is -0.392 e. The van der Waals surface area contributed by atoms with Crippen molar-refractivity contribution in [2.75, 3.05) is 32.7 Å². The van der Waals surface area contributed by atoms with Crippen molar-refractivity contribution in [3.63, 3.8) is 0 Å². The van der Waals surface area contributed by atoms with E-state index in [1.807, 2.05) is 24.3 Å². The smallest absolute Gasteiger partial charge is 0.253 e. The van der Waals surface area contributed by atoms with E-state index in [2.05, 4.69) is 75.6 Å². The molecule has 1 amide bonds. The number of carbonyl (C=O) groups excluding carboxylic acids is 1. The summed E-state index contributed by atoms with van der Waals surface area (Å²) in [6.07, 6.45) is 7.68. The Morgan fingerprint density at radius 3 is 2.43 bits per heavy atom. The van der Waals surface area contributed by atoms with Gasteiger partial charge in [-0.15, -0.1) is 0 Å². The molecular weight excluding hydrogens is 612 g/mol. The number of ether oxygens (including phenoxy) is 2. The molecule has 4 heterocycles. The molecule has 3 aliphatic rings. The first-order chi connectivity index (χ1) is 24.0. The summed E-state index contributed by atoms with van der Waals surface area (Å²) in [5, 5.41) is 12.7. The van der Waals surface area contributed by atoms with Crippen LogP contribution >= 0.6 is 0 Å². The Kier molecular flexibility index (Phi) is 10.8. The molecule has 0 radical (unpaired) electrons. The molecule has 3 aliphatic heterocycles. The Labute approximate surface area is 290 Å². The number of amides is 1. The number of aliphatic hydroxyl groups excluding tert-OH is 1. The third-order valence-electron chi connectivity index (χ3n) is 10.5. The molecule has 8 heteroatoms. The molecule has 0 bridgehead atoms. The number of rotatable bonds is 11. The Morgan fingerprint density at radius 2 is 1.65 bits per heavy atom. The number of hydrogen-bond donors (Lipinski definition) is 2. The predicted octanol–water partition coefficient (Wildman–Crippen LogP) is 6.52. The fourth-order valence-corrected chi connectivity index (χ4v) is 7.67. The first-order valence-electron chi connectivity index (χ1n) is 17.9. The molecule has 5 atom stereocenters. The largest absolute Gasteiger partial charge is 0.392 e. The van der Waals surface area contributed by atoms with Crippen molar-refractivity contribution in [2.24, 2.45) is 5.92 Å². The molecule has 0 saturated carbocycles. The number of nitrogens with zero attached hydrogens (tertiary/aromatic N) is 3. The van der Waals surface area contributed by atoms with Crippen molar-refractivity contribution in [2.45, 2.75) is 70.3 Å². The normalized spacial score (nSPS) is 24.7. The standard InChI is InChI=1S/C41H48N4O4/c1-29-38(27-45-21-7-13-37(45)26-44-19-2-3-20-44)48-41(49-39(29)32-16-14-30(28-46)15-17-32)35-11-5-10-34(23-35)33-9-4-8-31(22-33)24-43-40(47)36-12-6-18-42-25-36/h4-6,8-12,14-18,22-23,25,29,37-39,41,46H,2-3,7,13,19-21,24,26-28H2,1H3,(H,43,47)/t29-,37+,38+,39+,41+/m1/s1. The van der Waals surface area contributed by atoms with E-state index in [4.69, 9.17) is 9.47 Å². The molecule has 0 aliphatic carbocycles. The van der Waals surface area contributed by atoms with Crippen LogP contribution in [0.15, 0.2) is 97.3 Å². The quantitative estimate of drug-likeness (QED) is 0.189. The molecule has 2 N–H and O–H groups in total. The summed E-state index contributed by atoms with van der Waals surface area (Å²) in [6.45, 7) is 8.30.